The fraction of sp³-hybridized carbons (Fsp3) is 1.00. The molecule has 2 atom stereocenters. The van der Waals surface area contributed by atoms with Crippen LogP contribution in [0.25, 0.3) is 0 Å². The van der Waals surface area contributed by atoms with Crippen molar-refractivity contribution in [2.75, 3.05) is 33.3 Å². The predicted octanol–water partition coefficient (Wildman–Crippen LogP) is 2.90. The maximum absolute atomic E-state index is 5.76. The number of piperidine rings is 1. The van der Waals surface area contributed by atoms with E-state index in [1.54, 1.807) is 0 Å². The van der Waals surface area contributed by atoms with Crippen molar-refractivity contribution in [3.05, 3.63) is 0 Å². The lowest BCUT2D eigenvalue weighted by Gasteiger charge is -2.43. The van der Waals surface area contributed by atoms with Crippen LogP contribution in [-0.2, 0) is 4.74 Å². The van der Waals surface area contributed by atoms with Gasteiger partial charge < -0.3 is 15.0 Å². The Morgan fingerprint density at radius 2 is 1.90 bits per heavy atom. The number of rotatable bonds is 5. The van der Waals surface area contributed by atoms with Crippen molar-refractivity contribution in [3.8, 4) is 0 Å². The zero-order chi connectivity index (χ0) is 14.6. The highest BCUT2D eigenvalue weighted by atomic mass is 16.5. The molecule has 1 saturated heterocycles. The summed E-state index contributed by atoms with van der Waals surface area (Å²) in [5, 5.41) is 3.56. The number of nitrogens with one attached hydrogen (secondary N) is 1. The highest BCUT2D eigenvalue weighted by Crippen LogP contribution is 2.39. The number of likely N-dealkylation sites (tertiary alicyclic amines) is 1. The van der Waals surface area contributed by atoms with E-state index in [2.05, 4.69) is 38.0 Å². The minimum Gasteiger partial charge on any atom is -0.378 e. The third-order valence-corrected chi connectivity index (χ3v) is 5.32. The molecule has 1 heterocycles. The molecule has 0 radical (unpaired) electrons. The Hall–Kier alpha value is -0.120. The van der Waals surface area contributed by atoms with E-state index in [-0.39, 0.29) is 0 Å². The van der Waals surface area contributed by atoms with Crippen LogP contribution in [0.4, 0.5) is 0 Å². The summed E-state index contributed by atoms with van der Waals surface area (Å²) in [6.07, 6.45) is 7.01. The number of hydrogen-bond donors (Lipinski definition) is 1. The van der Waals surface area contributed by atoms with E-state index in [9.17, 15) is 0 Å². The molecule has 1 aliphatic carbocycles. The van der Waals surface area contributed by atoms with Gasteiger partial charge in [0.05, 0.1) is 6.10 Å². The van der Waals surface area contributed by atoms with Crippen molar-refractivity contribution in [2.45, 2.75) is 65.0 Å². The smallest absolute Gasteiger partial charge is 0.0599 e. The largest absolute Gasteiger partial charge is 0.378 e. The highest BCUT2D eigenvalue weighted by Gasteiger charge is 2.35. The van der Waals surface area contributed by atoms with Gasteiger partial charge in [0.25, 0.3) is 0 Å². The zero-order valence-corrected chi connectivity index (χ0v) is 14.0. The normalized spacial score (nSPS) is 32.4. The van der Waals surface area contributed by atoms with Gasteiger partial charge in [-0.05, 0) is 57.4 Å². The van der Waals surface area contributed by atoms with Crippen LogP contribution in [0.3, 0.4) is 0 Å². The highest BCUT2D eigenvalue weighted by molar-refractivity contribution is 4.90. The molecule has 0 aromatic heterocycles. The monoisotopic (exact) mass is 282 g/mol. The molecule has 2 rings (SSSR count). The molecule has 2 aliphatic rings. The van der Waals surface area contributed by atoms with Crippen molar-refractivity contribution >= 4 is 0 Å². The number of nitrogens with zero attached hydrogens (tertiary/aromatic N) is 1. The van der Waals surface area contributed by atoms with Gasteiger partial charge in [0.1, 0.15) is 0 Å². The third-order valence-electron chi connectivity index (χ3n) is 5.32. The Morgan fingerprint density at radius 1 is 1.20 bits per heavy atom. The first kappa shape index (κ1) is 16.3. The molecular weight excluding hydrogens is 248 g/mol. The van der Waals surface area contributed by atoms with Gasteiger partial charge >= 0.3 is 0 Å². The summed E-state index contributed by atoms with van der Waals surface area (Å²) in [7, 11) is 2.14. The second kappa shape index (κ2) is 7.24. The van der Waals surface area contributed by atoms with Crippen LogP contribution in [-0.4, -0.2) is 50.3 Å². The topological polar surface area (TPSA) is 24.5 Å². The molecule has 20 heavy (non-hydrogen) atoms. The summed E-state index contributed by atoms with van der Waals surface area (Å²) in [6.45, 7) is 11.6. The van der Waals surface area contributed by atoms with Crippen molar-refractivity contribution in [1.29, 1.82) is 0 Å². The summed E-state index contributed by atoms with van der Waals surface area (Å²) in [6, 6.07) is 0.715. The zero-order valence-electron chi connectivity index (χ0n) is 14.0. The SMILES string of the molecule is CCOC1CCN(CC2CC(C)(C)CCC2NC)CC1. The van der Waals surface area contributed by atoms with Crippen LogP contribution >= 0.6 is 0 Å². The first-order chi connectivity index (χ1) is 9.54. The second-order valence-electron chi connectivity index (χ2n) is 7.52. The molecule has 0 aromatic rings. The van der Waals surface area contributed by atoms with Crippen LogP contribution in [0.2, 0.25) is 0 Å². The standard InChI is InChI=1S/C17H34N2O/c1-5-20-15-7-10-19(11-8-15)13-14-12-17(2,3)9-6-16(14)18-4/h14-16,18H,5-13H2,1-4H3. The Bertz CT molecular complexity index is 285. The average molecular weight is 282 g/mol. The summed E-state index contributed by atoms with van der Waals surface area (Å²) in [5.41, 5.74) is 0.529. The summed E-state index contributed by atoms with van der Waals surface area (Å²) in [4.78, 5) is 2.67. The molecular formula is C17H34N2O. The molecule has 0 bridgehead atoms. The van der Waals surface area contributed by atoms with Crippen LogP contribution < -0.4 is 5.32 Å². The fourth-order valence-corrected chi connectivity index (χ4v) is 4.13. The van der Waals surface area contributed by atoms with Gasteiger partial charge in [-0.2, -0.15) is 0 Å². The molecule has 2 unspecified atom stereocenters. The lowest BCUT2D eigenvalue weighted by atomic mass is 9.69. The van der Waals surface area contributed by atoms with Gasteiger partial charge in [-0.3, -0.25) is 0 Å². The Balaban J connectivity index is 1.82. The van der Waals surface area contributed by atoms with Gasteiger partial charge in [-0.15, -0.1) is 0 Å². The minimum atomic E-state index is 0.513. The molecule has 1 aliphatic heterocycles. The predicted molar refractivity (Wildman–Crippen MR) is 85.1 cm³/mol. The van der Waals surface area contributed by atoms with Gasteiger partial charge in [-0.1, -0.05) is 13.8 Å². The summed E-state index contributed by atoms with van der Waals surface area (Å²) >= 11 is 0. The molecule has 0 amide bonds. The number of hydrogen-bond acceptors (Lipinski definition) is 3. The van der Waals surface area contributed by atoms with Gasteiger partial charge in [0.15, 0.2) is 0 Å². The van der Waals surface area contributed by atoms with Crippen molar-refractivity contribution < 1.29 is 4.74 Å². The maximum Gasteiger partial charge on any atom is 0.0599 e. The first-order valence-corrected chi connectivity index (χ1v) is 8.55. The lowest BCUT2D eigenvalue weighted by molar-refractivity contribution is 0.00464. The van der Waals surface area contributed by atoms with E-state index >= 15 is 0 Å². The molecule has 3 heteroatoms. The fourth-order valence-electron chi connectivity index (χ4n) is 4.13. The Morgan fingerprint density at radius 3 is 2.50 bits per heavy atom. The molecule has 1 N–H and O–H groups in total. The van der Waals surface area contributed by atoms with E-state index in [1.165, 1.54) is 51.7 Å². The third kappa shape index (κ3) is 4.44. The maximum atomic E-state index is 5.76. The second-order valence-corrected chi connectivity index (χ2v) is 7.52. The van der Waals surface area contributed by atoms with Crippen LogP contribution in [0, 0.1) is 11.3 Å². The summed E-state index contributed by atoms with van der Waals surface area (Å²) < 4.78 is 5.76. The van der Waals surface area contributed by atoms with Gasteiger partial charge in [-0.25, -0.2) is 0 Å². The van der Waals surface area contributed by atoms with Crippen molar-refractivity contribution in [1.82, 2.24) is 10.2 Å². The van der Waals surface area contributed by atoms with Crippen molar-refractivity contribution in [2.24, 2.45) is 11.3 Å². The van der Waals surface area contributed by atoms with E-state index in [0.29, 0.717) is 17.6 Å². The Labute approximate surface area is 125 Å². The van der Waals surface area contributed by atoms with Crippen LogP contribution in [0.5, 0.6) is 0 Å². The molecule has 1 saturated carbocycles. The first-order valence-electron chi connectivity index (χ1n) is 8.55. The van der Waals surface area contributed by atoms with E-state index < -0.39 is 0 Å². The molecule has 0 spiro atoms. The van der Waals surface area contributed by atoms with Gasteiger partial charge in [0, 0.05) is 32.3 Å². The number of ether oxygens (including phenoxy) is 1. The molecule has 0 aromatic carbocycles. The molecule has 3 nitrogen and oxygen atoms in total. The van der Waals surface area contributed by atoms with Crippen LogP contribution in [0.1, 0.15) is 52.9 Å². The average Bonchev–Trinajstić information content (AvgIpc) is 2.41. The quantitative estimate of drug-likeness (QED) is 0.839. The summed E-state index contributed by atoms with van der Waals surface area (Å²) in [5.74, 6) is 0.812. The van der Waals surface area contributed by atoms with Gasteiger partial charge in [0.2, 0.25) is 0 Å². The van der Waals surface area contributed by atoms with E-state index in [4.69, 9.17) is 4.74 Å². The van der Waals surface area contributed by atoms with E-state index in [1.807, 2.05) is 0 Å². The minimum absolute atomic E-state index is 0.513. The molecule has 118 valence electrons. The van der Waals surface area contributed by atoms with E-state index in [0.717, 1.165) is 12.5 Å². The molecule has 2 fully saturated rings. The lowest BCUT2D eigenvalue weighted by Crippen LogP contribution is -2.48. The Kier molecular flexibility index (Phi) is 5.88. The van der Waals surface area contributed by atoms with Crippen LogP contribution in [0.15, 0.2) is 0 Å². The van der Waals surface area contributed by atoms with Crippen molar-refractivity contribution in [3.63, 3.8) is 0 Å².